The lowest BCUT2D eigenvalue weighted by atomic mass is 9.63. The molecule has 180 valence electrons. The van der Waals surface area contributed by atoms with Gasteiger partial charge in [0.05, 0.1) is 0 Å². The minimum atomic E-state index is -4.49. The van der Waals surface area contributed by atoms with Crippen molar-refractivity contribution in [2.75, 3.05) is 0 Å². The van der Waals surface area contributed by atoms with E-state index in [1.54, 1.807) is 12.1 Å². The van der Waals surface area contributed by atoms with Crippen LogP contribution in [0.5, 0.6) is 5.75 Å². The lowest BCUT2D eigenvalue weighted by molar-refractivity contribution is -0.253. The first-order valence-electron chi connectivity index (χ1n) is 12.4. The summed E-state index contributed by atoms with van der Waals surface area (Å²) < 4.78 is 54.9. The van der Waals surface area contributed by atoms with Gasteiger partial charge in [-0.15, -0.1) is 0 Å². The fraction of sp³-hybridized carbons (Fsp3) is 0.571. The summed E-state index contributed by atoms with van der Waals surface area (Å²) in [5.74, 6) is 3.05. The first kappa shape index (κ1) is 24.1. The molecule has 4 rings (SSSR count). The van der Waals surface area contributed by atoms with Crippen molar-refractivity contribution < 1.29 is 22.3 Å². The highest BCUT2D eigenvalue weighted by Crippen LogP contribution is 2.48. The molecule has 0 N–H and O–H groups in total. The smallest absolute Gasteiger partial charge is 0.428 e. The van der Waals surface area contributed by atoms with Gasteiger partial charge in [0.15, 0.2) is 0 Å². The summed E-state index contributed by atoms with van der Waals surface area (Å²) in [5, 5.41) is 0. The number of rotatable bonds is 8. The quantitative estimate of drug-likeness (QED) is 0.356. The van der Waals surface area contributed by atoms with Gasteiger partial charge >= 0.3 is 12.5 Å². The maximum absolute atomic E-state index is 13.1. The van der Waals surface area contributed by atoms with Gasteiger partial charge in [-0.1, -0.05) is 69.0 Å². The molecule has 2 aliphatic carbocycles. The molecule has 4 atom stereocenters. The second-order valence-corrected chi connectivity index (χ2v) is 9.96. The third-order valence-electron chi connectivity index (χ3n) is 7.77. The van der Waals surface area contributed by atoms with E-state index in [-0.39, 0.29) is 5.75 Å². The molecular weight excluding hydrogens is 428 g/mol. The van der Waals surface area contributed by atoms with Crippen LogP contribution in [0, 0.1) is 17.8 Å². The third-order valence-corrected chi connectivity index (χ3v) is 7.77. The average molecular weight is 463 g/mol. The summed E-state index contributed by atoms with van der Waals surface area (Å²) in [6.07, 6.45) is 3.82. The van der Waals surface area contributed by atoms with E-state index in [0.717, 1.165) is 28.9 Å². The van der Waals surface area contributed by atoms with Crippen molar-refractivity contribution in [1.82, 2.24) is 0 Å². The molecule has 2 saturated carbocycles. The zero-order chi connectivity index (χ0) is 23.4. The SMILES string of the molecule is CCCCC1CCC2CC(c3ccc(-c4ccc(OC(F)(F)C(F)F)cc4)cc3)CCC2C1. The lowest BCUT2D eigenvalue weighted by Gasteiger charge is -2.42. The molecular formula is C28H34F4O. The van der Waals surface area contributed by atoms with Gasteiger partial charge in [0.2, 0.25) is 0 Å². The van der Waals surface area contributed by atoms with Crippen LogP contribution in [0.3, 0.4) is 0 Å². The van der Waals surface area contributed by atoms with E-state index in [9.17, 15) is 17.6 Å². The van der Waals surface area contributed by atoms with Crippen LogP contribution < -0.4 is 4.74 Å². The second-order valence-electron chi connectivity index (χ2n) is 9.96. The van der Waals surface area contributed by atoms with E-state index in [1.165, 1.54) is 75.5 Å². The number of benzene rings is 2. The molecule has 4 unspecified atom stereocenters. The van der Waals surface area contributed by atoms with Gasteiger partial charge < -0.3 is 4.74 Å². The molecule has 2 aromatic carbocycles. The van der Waals surface area contributed by atoms with Crippen LogP contribution in [-0.4, -0.2) is 12.5 Å². The minimum Gasteiger partial charge on any atom is -0.428 e. The number of ether oxygens (including phenoxy) is 1. The normalized spacial score (nSPS) is 25.6. The van der Waals surface area contributed by atoms with Crippen LogP contribution in [0.2, 0.25) is 0 Å². The van der Waals surface area contributed by atoms with E-state index >= 15 is 0 Å². The molecule has 0 heterocycles. The maximum atomic E-state index is 13.1. The molecule has 0 aliphatic heterocycles. The summed E-state index contributed by atoms with van der Waals surface area (Å²) in [6, 6.07) is 14.3. The van der Waals surface area contributed by atoms with Gasteiger partial charge in [-0.05, 0) is 84.6 Å². The van der Waals surface area contributed by atoms with Gasteiger partial charge in [-0.25, -0.2) is 0 Å². The lowest BCUT2D eigenvalue weighted by Crippen LogP contribution is -2.33. The molecule has 0 amide bonds. The number of unbranched alkanes of at least 4 members (excludes halogenated alkanes) is 1. The first-order valence-corrected chi connectivity index (χ1v) is 12.4. The maximum Gasteiger partial charge on any atom is 0.461 e. The average Bonchev–Trinajstić information content (AvgIpc) is 2.82. The summed E-state index contributed by atoms with van der Waals surface area (Å²) >= 11 is 0. The van der Waals surface area contributed by atoms with Crippen molar-refractivity contribution in [2.24, 2.45) is 17.8 Å². The third kappa shape index (κ3) is 5.91. The highest BCUT2D eigenvalue weighted by Gasteiger charge is 2.44. The molecule has 2 fully saturated rings. The minimum absolute atomic E-state index is 0.276. The van der Waals surface area contributed by atoms with Crippen molar-refractivity contribution >= 4 is 0 Å². The van der Waals surface area contributed by atoms with Crippen molar-refractivity contribution in [3.8, 4) is 16.9 Å². The van der Waals surface area contributed by atoms with Crippen LogP contribution in [0.15, 0.2) is 48.5 Å². The van der Waals surface area contributed by atoms with Gasteiger partial charge in [0.25, 0.3) is 0 Å². The highest BCUT2D eigenvalue weighted by atomic mass is 19.3. The van der Waals surface area contributed by atoms with Crippen LogP contribution in [0.4, 0.5) is 17.6 Å². The molecule has 0 aromatic heterocycles. The van der Waals surface area contributed by atoms with E-state index in [2.05, 4.69) is 35.9 Å². The Balaban J connectivity index is 1.34. The van der Waals surface area contributed by atoms with Crippen molar-refractivity contribution in [3.05, 3.63) is 54.1 Å². The number of hydrogen-bond acceptors (Lipinski definition) is 1. The topological polar surface area (TPSA) is 9.23 Å². The van der Waals surface area contributed by atoms with E-state index in [1.807, 2.05) is 0 Å². The fourth-order valence-electron chi connectivity index (χ4n) is 5.91. The number of fused-ring (bicyclic) bond motifs is 1. The molecule has 5 heteroatoms. The van der Waals surface area contributed by atoms with Crippen molar-refractivity contribution in [1.29, 1.82) is 0 Å². The van der Waals surface area contributed by atoms with Gasteiger partial charge in [-0.3, -0.25) is 0 Å². The summed E-state index contributed by atoms with van der Waals surface area (Å²) in [6.45, 7) is 2.28. The first-order chi connectivity index (χ1) is 15.9. The summed E-state index contributed by atoms with van der Waals surface area (Å²) in [5.41, 5.74) is 3.18. The van der Waals surface area contributed by atoms with Gasteiger partial charge in [-0.2, -0.15) is 17.6 Å². The van der Waals surface area contributed by atoms with Crippen LogP contribution in [0.1, 0.15) is 76.2 Å². The Kier molecular flexibility index (Phi) is 7.65. The molecule has 33 heavy (non-hydrogen) atoms. The van der Waals surface area contributed by atoms with Crippen LogP contribution in [-0.2, 0) is 0 Å². The van der Waals surface area contributed by atoms with E-state index in [0.29, 0.717) is 5.92 Å². The predicted octanol–water partition coefficient (Wildman–Crippen LogP) is 9.08. The Labute approximate surface area is 194 Å². The Morgan fingerprint density at radius 2 is 1.45 bits per heavy atom. The monoisotopic (exact) mass is 462 g/mol. The number of halogens is 4. The summed E-state index contributed by atoms with van der Waals surface area (Å²) in [7, 11) is 0. The standard InChI is InChI=1S/C28H34F4O/c1-2-3-4-19-5-6-25-18-24(12-11-23(25)17-19)22-9-7-20(8-10-22)21-13-15-26(16-14-21)33-28(31,32)27(29)30/h7-10,13-16,19,23-25,27H,2-6,11-12,17-18H2,1H3. The Hall–Kier alpha value is -2.04. The Morgan fingerprint density at radius 3 is 2.09 bits per heavy atom. The van der Waals surface area contributed by atoms with E-state index in [4.69, 9.17) is 0 Å². The van der Waals surface area contributed by atoms with Crippen molar-refractivity contribution in [3.63, 3.8) is 0 Å². The molecule has 2 aromatic rings. The van der Waals surface area contributed by atoms with Crippen LogP contribution >= 0.6 is 0 Å². The van der Waals surface area contributed by atoms with E-state index < -0.39 is 12.5 Å². The fourth-order valence-corrected chi connectivity index (χ4v) is 5.91. The molecule has 2 aliphatic rings. The number of alkyl halides is 4. The molecule has 0 bridgehead atoms. The Morgan fingerprint density at radius 1 is 0.848 bits per heavy atom. The molecule has 0 saturated heterocycles. The molecule has 0 spiro atoms. The molecule has 0 radical (unpaired) electrons. The van der Waals surface area contributed by atoms with Gasteiger partial charge in [0, 0.05) is 0 Å². The van der Waals surface area contributed by atoms with Gasteiger partial charge in [0.1, 0.15) is 5.75 Å². The zero-order valence-electron chi connectivity index (χ0n) is 19.3. The summed E-state index contributed by atoms with van der Waals surface area (Å²) in [4.78, 5) is 0. The van der Waals surface area contributed by atoms with Crippen LogP contribution in [0.25, 0.3) is 11.1 Å². The largest absolute Gasteiger partial charge is 0.461 e. The predicted molar refractivity (Wildman–Crippen MR) is 124 cm³/mol. The second kappa shape index (κ2) is 10.5. The highest BCUT2D eigenvalue weighted by molar-refractivity contribution is 5.64. The Bertz CT molecular complexity index is 878. The zero-order valence-corrected chi connectivity index (χ0v) is 19.3. The number of hydrogen-bond donors (Lipinski definition) is 0. The molecule has 1 nitrogen and oxygen atoms in total. The van der Waals surface area contributed by atoms with Crippen molar-refractivity contribution in [2.45, 2.75) is 83.2 Å².